The molecule has 1 aliphatic heterocycles. The number of pyridine rings is 1. The van der Waals surface area contributed by atoms with Crippen molar-refractivity contribution in [3.05, 3.63) is 71.4 Å². The third-order valence-electron chi connectivity index (χ3n) is 4.59. The van der Waals surface area contributed by atoms with Gasteiger partial charge in [0.2, 0.25) is 0 Å². The molecule has 0 aliphatic carbocycles. The molecule has 0 atom stereocenters. The van der Waals surface area contributed by atoms with Crippen molar-refractivity contribution in [3.8, 4) is 0 Å². The van der Waals surface area contributed by atoms with Crippen molar-refractivity contribution in [2.24, 2.45) is 0 Å². The number of rotatable bonds is 2. The molecule has 0 unspecified atom stereocenters. The van der Waals surface area contributed by atoms with Crippen LogP contribution in [0.4, 0.5) is 5.69 Å². The van der Waals surface area contributed by atoms with Crippen molar-refractivity contribution < 1.29 is 0 Å². The van der Waals surface area contributed by atoms with Gasteiger partial charge in [-0.25, -0.2) is 0 Å². The van der Waals surface area contributed by atoms with Gasteiger partial charge in [0, 0.05) is 30.9 Å². The second-order valence-electron chi connectivity index (χ2n) is 6.16. The Morgan fingerprint density at radius 3 is 2.91 bits per heavy atom. The highest BCUT2D eigenvalue weighted by molar-refractivity contribution is 5.90. The van der Waals surface area contributed by atoms with E-state index < -0.39 is 0 Å². The third kappa shape index (κ3) is 2.72. The predicted molar refractivity (Wildman–Crippen MR) is 98.7 cm³/mol. The molecule has 0 fully saturated rings. The summed E-state index contributed by atoms with van der Waals surface area (Å²) in [5.41, 5.74) is 6.36. The maximum atomic E-state index is 4.42. The Kier molecular flexibility index (Phi) is 3.58. The molecular formula is C21H20N2. The molecule has 114 valence electrons. The van der Waals surface area contributed by atoms with Crippen molar-refractivity contribution in [2.45, 2.75) is 12.8 Å². The maximum Gasteiger partial charge on any atom is 0.0707 e. The first kappa shape index (κ1) is 14.0. The van der Waals surface area contributed by atoms with Gasteiger partial charge in [-0.3, -0.25) is 4.98 Å². The molecule has 0 bridgehead atoms. The zero-order valence-corrected chi connectivity index (χ0v) is 13.4. The van der Waals surface area contributed by atoms with Crippen LogP contribution in [0.5, 0.6) is 0 Å². The van der Waals surface area contributed by atoms with Crippen LogP contribution in [0.2, 0.25) is 0 Å². The lowest BCUT2D eigenvalue weighted by Gasteiger charge is -2.27. The molecule has 0 radical (unpaired) electrons. The van der Waals surface area contributed by atoms with Crippen LogP contribution < -0.4 is 4.90 Å². The van der Waals surface area contributed by atoms with Crippen LogP contribution in [0.3, 0.4) is 0 Å². The van der Waals surface area contributed by atoms with E-state index in [1.807, 2.05) is 12.3 Å². The second kappa shape index (κ2) is 5.88. The number of nitrogens with zero attached hydrogens (tertiary/aromatic N) is 2. The van der Waals surface area contributed by atoms with E-state index in [4.69, 9.17) is 0 Å². The van der Waals surface area contributed by atoms with E-state index in [1.54, 1.807) is 0 Å². The molecule has 1 aromatic heterocycles. The first-order valence-corrected chi connectivity index (χ1v) is 8.17. The fourth-order valence-corrected chi connectivity index (χ4v) is 3.36. The van der Waals surface area contributed by atoms with Crippen molar-refractivity contribution in [1.29, 1.82) is 0 Å². The summed E-state index contributed by atoms with van der Waals surface area (Å²) in [4.78, 5) is 6.77. The van der Waals surface area contributed by atoms with E-state index >= 15 is 0 Å². The third-order valence-corrected chi connectivity index (χ3v) is 4.59. The van der Waals surface area contributed by atoms with Crippen LogP contribution in [0, 0.1) is 0 Å². The van der Waals surface area contributed by atoms with E-state index in [1.165, 1.54) is 40.6 Å². The Morgan fingerprint density at radius 1 is 1.04 bits per heavy atom. The number of anilines is 1. The van der Waals surface area contributed by atoms with Crippen molar-refractivity contribution >= 4 is 28.7 Å². The second-order valence-corrected chi connectivity index (χ2v) is 6.16. The quantitative estimate of drug-likeness (QED) is 0.676. The fraction of sp³-hybridized carbons (Fsp3) is 0.190. The lowest BCUT2D eigenvalue weighted by Crippen LogP contribution is -2.24. The van der Waals surface area contributed by atoms with Gasteiger partial charge >= 0.3 is 0 Å². The molecule has 4 rings (SSSR count). The Hall–Kier alpha value is -2.61. The topological polar surface area (TPSA) is 16.1 Å². The number of aromatic nitrogens is 1. The highest BCUT2D eigenvalue weighted by atomic mass is 15.1. The van der Waals surface area contributed by atoms with Crippen molar-refractivity contribution in [3.63, 3.8) is 0 Å². The van der Waals surface area contributed by atoms with Crippen molar-refractivity contribution in [2.75, 3.05) is 18.5 Å². The van der Waals surface area contributed by atoms with Gasteiger partial charge in [-0.1, -0.05) is 36.4 Å². The average molecular weight is 300 g/mol. The summed E-state index contributed by atoms with van der Waals surface area (Å²) in [6, 6.07) is 17.1. The van der Waals surface area contributed by atoms with Gasteiger partial charge in [0.1, 0.15) is 0 Å². The zero-order chi connectivity index (χ0) is 15.6. The largest absolute Gasteiger partial charge is 0.374 e. The monoisotopic (exact) mass is 300 g/mol. The minimum absolute atomic E-state index is 1.04. The molecule has 23 heavy (non-hydrogen) atoms. The summed E-state index contributed by atoms with van der Waals surface area (Å²) in [5, 5.41) is 1.20. The number of hydrogen-bond donors (Lipinski definition) is 0. The SMILES string of the molecule is CN1CCCc2cc(/C=C/c3ccnc4ccccc34)ccc21. The predicted octanol–water partition coefficient (Wildman–Crippen LogP) is 4.79. The molecule has 0 saturated heterocycles. The molecule has 0 saturated carbocycles. The summed E-state index contributed by atoms with van der Waals surface area (Å²) >= 11 is 0. The molecule has 2 nitrogen and oxygen atoms in total. The molecular weight excluding hydrogens is 280 g/mol. The normalized spacial score (nSPS) is 14.4. The Morgan fingerprint density at radius 2 is 1.96 bits per heavy atom. The zero-order valence-electron chi connectivity index (χ0n) is 13.4. The standard InChI is InChI=1S/C21H20N2/c1-23-14-4-5-18-15-16(9-11-21(18)23)8-10-17-12-13-22-20-7-3-2-6-19(17)20/h2-3,6-13,15H,4-5,14H2,1H3/b10-8+. The van der Waals surface area contributed by atoms with E-state index in [2.05, 4.69) is 71.5 Å². The van der Waals surface area contributed by atoms with Gasteiger partial charge < -0.3 is 4.90 Å². The highest BCUT2D eigenvalue weighted by Gasteiger charge is 2.12. The lowest BCUT2D eigenvalue weighted by molar-refractivity contribution is 0.744. The molecule has 2 heterocycles. The van der Waals surface area contributed by atoms with Gasteiger partial charge in [0.05, 0.1) is 5.52 Å². The summed E-state index contributed by atoms with van der Waals surface area (Å²) in [5.74, 6) is 0. The minimum atomic E-state index is 1.04. The number of aryl methyl sites for hydroxylation is 1. The highest BCUT2D eigenvalue weighted by Crippen LogP contribution is 2.27. The van der Waals surface area contributed by atoms with Crippen LogP contribution >= 0.6 is 0 Å². The Bertz CT molecular complexity index is 875. The van der Waals surface area contributed by atoms with Gasteiger partial charge in [0.25, 0.3) is 0 Å². The molecule has 2 heteroatoms. The Balaban J connectivity index is 1.68. The maximum absolute atomic E-state index is 4.42. The van der Waals surface area contributed by atoms with Crippen LogP contribution in [-0.2, 0) is 6.42 Å². The minimum Gasteiger partial charge on any atom is -0.374 e. The number of fused-ring (bicyclic) bond motifs is 2. The van der Waals surface area contributed by atoms with E-state index in [0.717, 1.165) is 12.1 Å². The molecule has 1 aliphatic rings. The van der Waals surface area contributed by atoms with Crippen LogP contribution in [-0.4, -0.2) is 18.6 Å². The van der Waals surface area contributed by atoms with E-state index in [-0.39, 0.29) is 0 Å². The molecule has 3 aromatic rings. The smallest absolute Gasteiger partial charge is 0.0707 e. The molecule has 2 aromatic carbocycles. The number of para-hydroxylation sites is 1. The van der Waals surface area contributed by atoms with Crippen LogP contribution in [0.25, 0.3) is 23.1 Å². The van der Waals surface area contributed by atoms with Gasteiger partial charge in [0.15, 0.2) is 0 Å². The number of hydrogen-bond acceptors (Lipinski definition) is 2. The lowest BCUT2D eigenvalue weighted by atomic mass is 9.99. The number of benzene rings is 2. The average Bonchev–Trinajstić information content (AvgIpc) is 2.60. The van der Waals surface area contributed by atoms with E-state index in [9.17, 15) is 0 Å². The summed E-state index contributed by atoms with van der Waals surface area (Å²) in [6.07, 6.45) is 8.70. The van der Waals surface area contributed by atoms with E-state index in [0.29, 0.717) is 0 Å². The molecule has 0 amide bonds. The first-order chi connectivity index (χ1) is 11.3. The summed E-state index contributed by atoms with van der Waals surface area (Å²) in [6.45, 7) is 1.16. The van der Waals surface area contributed by atoms with Crippen molar-refractivity contribution in [1.82, 2.24) is 4.98 Å². The molecule has 0 N–H and O–H groups in total. The molecule has 0 spiro atoms. The summed E-state index contributed by atoms with van der Waals surface area (Å²) < 4.78 is 0. The van der Waals surface area contributed by atoms with Gasteiger partial charge in [-0.05, 0) is 53.8 Å². The Labute approximate surface area is 137 Å². The summed E-state index contributed by atoms with van der Waals surface area (Å²) in [7, 11) is 2.18. The van der Waals surface area contributed by atoms with Gasteiger partial charge in [-0.2, -0.15) is 0 Å². The fourth-order valence-electron chi connectivity index (χ4n) is 3.36. The van der Waals surface area contributed by atoms with Crippen LogP contribution in [0.15, 0.2) is 54.7 Å². The first-order valence-electron chi connectivity index (χ1n) is 8.17. The van der Waals surface area contributed by atoms with Crippen LogP contribution in [0.1, 0.15) is 23.1 Å². The van der Waals surface area contributed by atoms with Gasteiger partial charge in [-0.15, -0.1) is 0 Å².